The SMILES string of the molecule is Cc1nc(C#Cc2ccccc2)c2ncn(Cc3ccccc3)c2n1. The monoisotopic (exact) mass is 324 g/mol. The van der Waals surface area contributed by atoms with E-state index in [1.807, 2.05) is 60.0 Å². The maximum Gasteiger partial charge on any atom is 0.165 e. The van der Waals surface area contributed by atoms with Crippen molar-refractivity contribution in [2.75, 3.05) is 0 Å². The fourth-order valence-corrected chi connectivity index (χ4v) is 2.69. The lowest BCUT2D eigenvalue weighted by Crippen LogP contribution is -2.01. The highest BCUT2D eigenvalue weighted by molar-refractivity contribution is 5.77. The molecule has 4 rings (SSSR count). The zero-order chi connectivity index (χ0) is 17.1. The molecule has 4 nitrogen and oxygen atoms in total. The molecule has 0 saturated heterocycles. The van der Waals surface area contributed by atoms with Gasteiger partial charge in [0.25, 0.3) is 0 Å². The zero-order valence-corrected chi connectivity index (χ0v) is 13.8. The second kappa shape index (κ2) is 6.58. The van der Waals surface area contributed by atoms with E-state index >= 15 is 0 Å². The third kappa shape index (κ3) is 3.26. The molecular weight excluding hydrogens is 308 g/mol. The fourth-order valence-electron chi connectivity index (χ4n) is 2.69. The van der Waals surface area contributed by atoms with Gasteiger partial charge >= 0.3 is 0 Å². The molecule has 0 atom stereocenters. The molecule has 0 amide bonds. The Kier molecular flexibility index (Phi) is 3.97. The van der Waals surface area contributed by atoms with Gasteiger partial charge in [-0.05, 0) is 30.5 Å². The second-order valence-corrected chi connectivity index (χ2v) is 5.77. The van der Waals surface area contributed by atoms with Crippen LogP contribution in [-0.2, 0) is 6.54 Å². The van der Waals surface area contributed by atoms with Gasteiger partial charge < -0.3 is 4.57 Å². The van der Waals surface area contributed by atoms with Crippen LogP contribution in [0.5, 0.6) is 0 Å². The number of hydrogen-bond donors (Lipinski definition) is 0. The fraction of sp³-hybridized carbons (Fsp3) is 0.0952. The van der Waals surface area contributed by atoms with Crippen LogP contribution in [0.3, 0.4) is 0 Å². The third-order valence-corrected chi connectivity index (χ3v) is 3.87. The van der Waals surface area contributed by atoms with Gasteiger partial charge in [0.05, 0.1) is 12.9 Å². The lowest BCUT2D eigenvalue weighted by molar-refractivity contribution is 0.810. The first-order valence-electron chi connectivity index (χ1n) is 8.10. The van der Waals surface area contributed by atoms with Gasteiger partial charge in [0.2, 0.25) is 0 Å². The molecule has 120 valence electrons. The van der Waals surface area contributed by atoms with Crippen LogP contribution >= 0.6 is 0 Å². The molecule has 0 aliphatic carbocycles. The molecule has 0 bridgehead atoms. The highest BCUT2D eigenvalue weighted by atomic mass is 15.1. The Balaban J connectivity index is 1.76. The molecule has 0 radical (unpaired) electrons. The summed E-state index contributed by atoms with van der Waals surface area (Å²) in [4.78, 5) is 13.5. The van der Waals surface area contributed by atoms with Gasteiger partial charge in [0.15, 0.2) is 5.65 Å². The predicted octanol–water partition coefficient (Wildman–Crippen LogP) is 3.58. The zero-order valence-electron chi connectivity index (χ0n) is 13.8. The molecule has 2 heterocycles. The van der Waals surface area contributed by atoms with Gasteiger partial charge in [-0.1, -0.05) is 54.5 Å². The second-order valence-electron chi connectivity index (χ2n) is 5.77. The minimum Gasteiger partial charge on any atom is -0.311 e. The van der Waals surface area contributed by atoms with Crippen LogP contribution in [0.15, 0.2) is 67.0 Å². The Labute approximate surface area is 146 Å². The first-order valence-corrected chi connectivity index (χ1v) is 8.10. The van der Waals surface area contributed by atoms with Crippen LogP contribution in [0.4, 0.5) is 0 Å². The summed E-state index contributed by atoms with van der Waals surface area (Å²) in [5.74, 6) is 6.99. The van der Waals surface area contributed by atoms with Crippen molar-refractivity contribution >= 4 is 11.2 Å². The van der Waals surface area contributed by atoms with Gasteiger partial charge in [0.1, 0.15) is 17.0 Å². The number of rotatable bonds is 2. The number of fused-ring (bicyclic) bond motifs is 1. The maximum absolute atomic E-state index is 4.57. The Morgan fingerprint density at radius 2 is 1.60 bits per heavy atom. The van der Waals surface area contributed by atoms with E-state index in [4.69, 9.17) is 0 Å². The molecule has 2 aromatic heterocycles. The first-order chi connectivity index (χ1) is 12.3. The van der Waals surface area contributed by atoms with Crippen LogP contribution in [0.2, 0.25) is 0 Å². The Hall–Kier alpha value is -3.45. The van der Waals surface area contributed by atoms with Crippen molar-refractivity contribution in [3.63, 3.8) is 0 Å². The number of imidazole rings is 1. The van der Waals surface area contributed by atoms with Crippen molar-refractivity contribution in [3.05, 3.63) is 89.6 Å². The van der Waals surface area contributed by atoms with Crippen molar-refractivity contribution in [1.82, 2.24) is 19.5 Å². The molecule has 0 aliphatic heterocycles. The van der Waals surface area contributed by atoms with Gasteiger partial charge in [-0.25, -0.2) is 15.0 Å². The Bertz CT molecular complexity index is 1070. The first kappa shape index (κ1) is 15.1. The normalized spacial score (nSPS) is 10.4. The van der Waals surface area contributed by atoms with E-state index in [9.17, 15) is 0 Å². The molecule has 0 aliphatic rings. The van der Waals surface area contributed by atoms with Crippen LogP contribution in [0.25, 0.3) is 11.2 Å². The highest BCUT2D eigenvalue weighted by Gasteiger charge is 2.10. The van der Waals surface area contributed by atoms with Crippen LogP contribution in [0.1, 0.15) is 22.6 Å². The van der Waals surface area contributed by atoms with E-state index < -0.39 is 0 Å². The van der Waals surface area contributed by atoms with Gasteiger partial charge in [0, 0.05) is 5.56 Å². The van der Waals surface area contributed by atoms with E-state index in [1.54, 1.807) is 6.33 Å². The smallest absolute Gasteiger partial charge is 0.165 e. The molecular formula is C21H16N4. The molecule has 0 saturated carbocycles. The summed E-state index contributed by atoms with van der Waals surface area (Å²) in [6, 6.07) is 20.1. The lowest BCUT2D eigenvalue weighted by Gasteiger charge is -2.04. The number of aryl methyl sites for hydroxylation is 1. The molecule has 0 fully saturated rings. The molecule has 4 aromatic rings. The van der Waals surface area contributed by atoms with E-state index in [2.05, 4.69) is 38.9 Å². The number of nitrogens with zero attached hydrogens (tertiary/aromatic N) is 4. The Morgan fingerprint density at radius 1 is 0.880 bits per heavy atom. The number of benzene rings is 2. The third-order valence-electron chi connectivity index (χ3n) is 3.87. The average molecular weight is 324 g/mol. The molecule has 4 heteroatoms. The lowest BCUT2D eigenvalue weighted by atomic mass is 10.2. The van der Waals surface area contributed by atoms with Crippen LogP contribution in [-0.4, -0.2) is 19.5 Å². The Morgan fingerprint density at radius 3 is 2.36 bits per heavy atom. The van der Waals surface area contributed by atoms with Crippen LogP contribution in [0, 0.1) is 18.8 Å². The summed E-state index contributed by atoms with van der Waals surface area (Å²) in [6.07, 6.45) is 1.81. The van der Waals surface area contributed by atoms with Crippen molar-refractivity contribution < 1.29 is 0 Å². The van der Waals surface area contributed by atoms with Crippen LogP contribution < -0.4 is 0 Å². The van der Waals surface area contributed by atoms with Gasteiger partial charge in [-0.3, -0.25) is 0 Å². The van der Waals surface area contributed by atoms with Crippen molar-refractivity contribution in [2.45, 2.75) is 13.5 Å². The molecule has 2 aromatic carbocycles. The molecule has 0 unspecified atom stereocenters. The number of aromatic nitrogens is 4. The average Bonchev–Trinajstić information content (AvgIpc) is 3.04. The molecule has 0 spiro atoms. The van der Waals surface area contributed by atoms with Gasteiger partial charge in [-0.15, -0.1) is 0 Å². The van der Waals surface area contributed by atoms with Crippen molar-refractivity contribution in [1.29, 1.82) is 0 Å². The highest BCUT2D eigenvalue weighted by Crippen LogP contribution is 2.15. The largest absolute Gasteiger partial charge is 0.311 e. The summed E-state index contributed by atoms with van der Waals surface area (Å²) in [5, 5.41) is 0. The summed E-state index contributed by atoms with van der Waals surface area (Å²) in [6.45, 7) is 2.60. The van der Waals surface area contributed by atoms with Gasteiger partial charge in [-0.2, -0.15) is 0 Å². The van der Waals surface area contributed by atoms with E-state index in [1.165, 1.54) is 5.56 Å². The van der Waals surface area contributed by atoms with Crippen molar-refractivity contribution in [2.24, 2.45) is 0 Å². The molecule has 0 N–H and O–H groups in total. The molecule has 25 heavy (non-hydrogen) atoms. The standard InChI is InChI=1S/C21H16N4/c1-16-23-19(13-12-17-8-4-2-5-9-17)20-21(24-16)25(15-22-20)14-18-10-6-3-7-11-18/h2-11,15H,14H2,1H3. The minimum atomic E-state index is 0.665. The summed E-state index contributed by atoms with van der Waals surface area (Å²) in [5.41, 5.74) is 4.38. The predicted molar refractivity (Wildman–Crippen MR) is 98.0 cm³/mol. The van der Waals surface area contributed by atoms with E-state index in [-0.39, 0.29) is 0 Å². The summed E-state index contributed by atoms with van der Waals surface area (Å²) in [7, 11) is 0. The van der Waals surface area contributed by atoms with Crippen molar-refractivity contribution in [3.8, 4) is 11.8 Å². The minimum absolute atomic E-state index is 0.665. The topological polar surface area (TPSA) is 43.6 Å². The quantitative estimate of drug-likeness (QED) is 0.529. The maximum atomic E-state index is 4.57. The van der Waals surface area contributed by atoms with E-state index in [0.29, 0.717) is 11.5 Å². The summed E-state index contributed by atoms with van der Waals surface area (Å²) >= 11 is 0. The van der Waals surface area contributed by atoms with E-state index in [0.717, 1.165) is 23.3 Å². The number of hydrogen-bond acceptors (Lipinski definition) is 3. The summed E-state index contributed by atoms with van der Waals surface area (Å²) < 4.78 is 2.03.